The molecule has 0 unspecified atom stereocenters. The summed E-state index contributed by atoms with van der Waals surface area (Å²) in [5.41, 5.74) is 1.97. The topological polar surface area (TPSA) is 55.6 Å². The molecule has 0 aromatic carbocycles. The monoisotopic (exact) mass is 229 g/mol. The van der Waals surface area contributed by atoms with Gasteiger partial charge >= 0.3 is 0 Å². The van der Waals surface area contributed by atoms with Crippen molar-refractivity contribution < 1.29 is 0 Å². The number of hydrogen-bond acceptors (Lipinski definition) is 4. The first-order chi connectivity index (χ1) is 8.28. The van der Waals surface area contributed by atoms with Crippen molar-refractivity contribution in [2.45, 2.75) is 25.8 Å². The number of aromatic nitrogens is 4. The van der Waals surface area contributed by atoms with Crippen LogP contribution in [0.2, 0.25) is 0 Å². The smallest absolute Gasteiger partial charge is 0.180 e. The van der Waals surface area contributed by atoms with Crippen LogP contribution < -0.4 is 5.32 Å². The minimum absolute atomic E-state index is 0.592. The summed E-state index contributed by atoms with van der Waals surface area (Å²) in [7, 11) is 1.86. The summed E-state index contributed by atoms with van der Waals surface area (Å²) < 4.78 is 2.17. The van der Waals surface area contributed by atoms with Crippen LogP contribution in [-0.4, -0.2) is 26.6 Å². The van der Waals surface area contributed by atoms with Crippen molar-refractivity contribution in [3.8, 4) is 11.5 Å². The highest BCUT2D eigenvalue weighted by Gasteiger charge is 2.26. The predicted molar refractivity (Wildman–Crippen MR) is 65.8 cm³/mol. The van der Waals surface area contributed by atoms with Crippen LogP contribution in [0.1, 0.15) is 24.6 Å². The number of anilines is 1. The molecule has 1 saturated carbocycles. The predicted octanol–water partition coefficient (Wildman–Crippen LogP) is 2.03. The van der Waals surface area contributed by atoms with Gasteiger partial charge in [0.05, 0.1) is 12.5 Å². The number of aryl methyl sites for hydroxylation is 1. The zero-order chi connectivity index (χ0) is 11.8. The average molecular weight is 229 g/mol. The van der Waals surface area contributed by atoms with Gasteiger partial charge in [0.25, 0.3) is 0 Å². The molecule has 2 heterocycles. The lowest BCUT2D eigenvalue weighted by molar-refractivity contribution is 0.743. The third-order valence-corrected chi connectivity index (χ3v) is 2.95. The Morgan fingerprint density at radius 3 is 2.88 bits per heavy atom. The molecular weight excluding hydrogens is 214 g/mol. The van der Waals surface area contributed by atoms with Crippen molar-refractivity contribution >= 4 is 5.82 Å². The van der Waals surface area contributed by atoms with E-state index < -0.39 is 0 Å². The highest BCUT2D eigenvalue weighted by molar-refractivity contribution is 5.53. The first-order valence-corrected chi connectivity index (χ1v) is 5.83. The number of imidazole rings is 1. The van der Waals surface area contributed by atoms with Crippen LogP contribution in [0.5, 0.6) is 0 Å². The summed E-state index contributed by atoms with van der Waals surface area (Å²) in [5.74, 6) is 1.59. The molecule has 1 aliphatic carbocycles. The highest BCUT2D eigenvalue weighted by atomic mass is 15.1. The second-order valence-corrected chi connectivity index (χ2v) is 4.39. The molecule has 2 aromatic heterocycles. The van der Waals surface area contributed by atoms with Crippen LogP contribution in [0.3, 0.4) is 0 Å². The molecule has 3 rings (SSSR count). The van der Waals surface area contributed by atoms with Gasteiger partial charge in [-0.2, -0.15) is 0 Å². The zero-order valence-corrected chi connectivity index (χ0v) is 10.0. The van der Waals surface area contributed by atoms with E-state index in [1.54, 1.807) is 0 Å². The van der Waals surface area contributed by atoms with Gasteiger partial charge in [0, 0.05) is 24.8 Å². The van der Waals surface area contributed by atoms with Crippen LogP contribution >= 0.6 is 0 Å². The Kier molecular flexibility index (Phi) is 2.31. The van der Waals surface area contributed by atoms with E-state index in [0.717, 1.165) is 23.0 Å². The Hall–Kier alpha value is -1.91. The molecule has 1 N–H and O–H groups in total. The van der Waals surface area contributed by atoms with Crippen molar-refractivity contribution in [2.75, 3.05) is 12.4 Å². The Bertz CT molecular complexity index is 542. The average Bonchev–Trinajstić information content (AvgIpc) is 3.06. The summed E-state index contributed by atoms with van der Waals surface area (Å²) in [5, 5.41) is 3.05. The van der Waals surface area contributed by atoms with Gasteiger partial charge in [-0.3, -0.25) is 0 Å². The minimum Gasteiger partial charge on any atom is -0.373 e. The number of nitrogens with zero attached hydrogens (tertiary/aromatic N) is 4. The van der Waals surface area contributed by atoms with Crippen molar-refractivity contribution in [1.29, 1.82) is 0 Å². The van der Waals surface area contributed by atoms with Crippen molar-refractivity contribution in [2.24, 2.45) is 0 Å². The van der Waals surface area contributed by atoms with Crippen molar-refractivity contribution in [1.82, 2.24) is 19.5 Å². The van der Waals surface area contributed by atoms with E-state index in [4.69, 9.17) is 0 Å². The lowest BCUT2D eigenvalue weighted by atomic mass is 10.3. The van der Waals surface area contributed by atoms with Gasteiger partial charge in [-0.25, -0.2) is 15.0 Å². The van der Waals surface area contributed by atoms with Gasteiger partial charge in [-0.1, -0.05) is 0 Å². The maximum atomic E-state index is 4.48. The van der Waals surface area contributed by atoms with E-state index >= 15 is 0 Å². The fraction of sp³-hybridized carbons (Fsp3) is 0.417. The minimum atomic E-state index is 0.592. The van der Waals surface area contributed by atoms with Crippen molar-refractivity contribution in [3.63, 3.8) is 0 Å². The largest absolute Gasteiger partial charge is 0.373 e. The first-order valence-electron chi connectivity index (χ1n) is 5.83. The molecule has 0 saturated heterocycles. The van der Waals surface area contributed by atoms with Crippen LogP contribution in [0.4, 0.5) is 5.82 Å². The molecule has 17 heavy (non-hydrogen) atoms. The highest BCUT2D eigenvalue weighted by Crippen LogP contribution is 2.37. The molecular formula is C12H15N5. The Morgan fingerprint density at radius 1 is 1.35 bits per heavy atom. The van der Waals surface area contributed by atoms with Gasteiger partial charge in [-0.05, 0) is 19.8 Å². The summed E-state index contributed by atoms with van der Waals surface area (Å²) in [6.45, 7) is 1.98. The second kappa shape index (κ2) is 3.84. The summed E-state index contributed by atoms with van der Waals surface area (Å²) in [6, 6.07) is 2.52. The maximum Gasteiger partial charge on any atom is 0.180 e. The quantitative estimate of drug-likeness (QED) is 0.874. The summed E-state index contributed by atoms with van der Waals surface area (Å²) in [4.78, 5) is 13.2. The Balaban J connectivity index is 2.07. The first kappa shape index (κ1) is 10.3. The maximum absolute atomic E-state index is 4.48. The fourth-order valence-corrected chi connectivity index (χ4v) is 1.93. The summed E-state index contributed by atoms with van der Waals surface area (Å²) >= 11 is 0. The zero-order valence-electron chi connectivity index (χ0n) is 10.0. The summed E-state index contributed by atoms with van der Waals surface area (Å²) in [6.07, 6.45) is 6.17. The van der Waals surface area contributed by atoms with E-state index in [1.165, 1.54) is 12.8 Å². The molecule has 0 radical (unpaired) electrons. The van der Waals surface area contributed by atoms with Crippen LogP contribution in [0, 0.1) is 6.92 Å². The van der Waals surface area contributed by atoms with Gasteiger partial charge in [-0.15, -0.1) is 0 Å². The molecule has 0 aliphatic heterocycles. The number of rotatable bonds is 3. The van der Waals surface area contributed by atoms with Gasteiger partial charge in [0.1, 0.15) is 11.5 Å². The van der Waals surface area contributed by atoms with E-state index in [9.17, 15) is 0 Å². The molecule has 2 aromatic rings. The van der Waals surface area contributed by atoms with E-state index in [1.807, 2.05) is 32.6 Å². The van der Waals surface area contributed by atoms with Crippen LogP contribution in [0.25, 0.3) is 11.5 Å². The molecule has 0 amide bonds. The van der Waals surface area contributed by atoms with E-state index in [0.29, 0.717) is 6.04 Å². The SMILES string of the molecule is CNc1cc(C)nc(-c2cncn2C2CC2)n1. The van der Waals surface area contributed by atoms with Gasteiger partial charge in [0.2, 0.25) is 0 Å². The van der Waals surface area contributed by atoms with Gasteiger partial charge in [0.15, 0.2) is 5.82 Å². The second-order valence-electron chi connectivity index (χ2n) is 4.39. The molecule has 1 aliphatic rings. The molecule has 88 valence electrons. The van der Waals surface area contributed by atoms with Crippen LogP contribution in [-0.2, 0) is 0 Å². The molecule has 5 nitrogen and oxygen atoms in total. The molecule has 1 fully saturated rings. The Labute approximate surface area is 99.9 Å². The third kappa shape index (κ3) is 1.88. The van der Waals surface area contributed by atoms with Crippen LogP contribution in [0.15, 0.2) is 18.6 Å². The lowest BCUT2D eigenvalue weighted by Gasteiger charge is -2.07. The van der Waals surface area contributed by atoms with E-state index in [2.05, 4.69) is 24.8 Å². The normalized spacial score (nSPS) is 14.9. The fourth-order valence-electron chi connectivity index (χ4n) is 1.93. The number of nitrogens with one attached hydrogen (secondary N) is 1. The number of hydrogen-bond donors (Lipinski definition) is 1. The standard InChI is InChI=1S/C12H15N5/c1-8-5-11(13-2)16-12(15-8)10-6-14-7-17(10)9-3-4-9/h5-7,9H,3-4H2,1-2H3,(H,13,15,16). The van der Waals surface area contributed by atoms with E-state index in [-0.39, 0.29) is 0 Å². The molecule has 0 spiro atoms. The lowest BCUT2D eigenvalue weighted by Crippen LogP contribution is -2.02. The molecule has 5 heteroatoms. The Morgan fingerprint density at radius 2 is 2.18 bits per heavy atom. The van der Waals surface area contributed by atoms with Crippen molar-refractivity contribution in [3.05, 3.63) is 24.3 Å². The van der Waals surface area contributed by atoms with Gasteiger partial charge < -0.3 is 9.88 Å². The third-order valence-electron chi connectivity index (χ3n) is 2.95. The molecule has 0 atom stereocenters. The molecule has 0 bridgehead atoms.